The molecule has 0 rings (SSSR count). The number of carbonyl (C=O) groups excluding carboxylic acids is 1. The predicted octanol–water partition coefficient (Wildman–Crippen LogP) is 2.56. The highest BCUT2D eigenvalue weighted by Crippen LogP contribution is 2.41. The van der Waals surface area contributed by atoms with Gasteiger partial charge in [-0.25, -0.2) is 0 Å². The fourth-order valence-electron chi connectivity index (χ4n) is 0.665. The van der Waals surface area contributed by atoms with Crippen molar-refractivity contribution >= 4 is 21.9 Å². The first-order valence-electron chi connectivity index (χ1n) is 4.60. The van der Waals surface area contributed by atoms with Gasteiger partial charge in [-0.1, -0.05) is 0 Å². The van der Waals surface area contributed by atoms with E-state index in [4.69, 9.17) is 5.11 Å². The first-order chi connectivity index (χ1) is 7.30. The van der Waals surface area contributed by atoms with Crippen molar-refractivity contribution in [3.8, 4) is 0 Å². The number of carbonyl (C=O) groups is 1. The summed E-state index contributed by atoms with van der Waals surface area (Å²) in [6.07, 6.45) is -2.79. The van der Waals surface area contributed by atoms with E-state index in [9.17, 15) is 22.4 Å². The van der Waals surface area contributed by atoms with Crippen LogP contribution in [0.25, 0.3) is 0 Å². The highest BCUT2D eigenvalue weighted by molar-refractivity contribution is 9.10. The number of ether oxygens (including phenoxy) is 1. The Bertz CT molecular complexity index is 283. The minimum Gasteiger partial charge on any atom is -0.462 e. The number of aliphatic hydroxyl groups is 1. The van der Waals surface area contributed by atoms with Crippen LogP contribution in [0.5, 0.6) is 0 Å². The van der Waals surface area contributed by atoms with Gasteiger partial charge in [-0.3, -0.25) is 4.79 Å². The average molecular weight is 325 g/mol. The molecule has 0 amide bonds. The average Bonchev–Trinajstić information content (AvgIpc) is 2.09. The lowest BCUT2D eigenvalue weighted by Gasteiger charge is -2.27. The van der Waals surface area contributed by atoms with Crippen molar-refractivity contribution in [1.29, 1.82) is 0 Å². The Morgan fingerprint density at radius 3 is 2.00 bits per heavy atom. The maximum absolute atomic E-state index is 12.8. The second kappa shape index (κ2) is 5.09. The number of hydrogen-bond acceptors (Lipinski definition) is 3. The monoisotopic (exact) mass is 324 g/mol. The lowest BCUT2D eigenvalue weighted by Crippen LogP contribution is -2.48. The van der Waals surface area contributed by atoms with E-state index < -0.39 is 34.8 Å². The lowest BCUT2D eigenvalue weighted by atomic mass is 9.97. The zero-order valence-electron chi connectivity index (χ0n) is 9.44. The van der Waals surface area contributed by atoms with Gasteiger partial charge in [-0.05, 0) is 36.7 Å². The van der Waals surface area contributed by atoms with Crippen molar-refractivity contribution in [2.24, 2.45) is 5.41 Å². The fraction of sp³-hybridized carbons (Fsp3) is 0.889. The number of rotatable bonds is 4. The third-order valence-electron chi connectivity index (χ3n) is 1.78. The maximum Gasteiger partial charge on any atom is 0.366 e. The SMILES string of the molecule is CC(C)(C)C(=O)OC[C@@H](O)C(F)(F)C(F)(F)Br. The first kappa shape index (κ1) is 16.6. The number of esters is 1. The molecule has 0 bridgehead atoms. The van der Waals surface area contributed by atoms with Crippen molar-refractivity contribution in [2.45, 2.75) is 37.6 Å². The van der Waals surface area contributed by atoms with Crippen LogP contribution in [0.3, 0.4) is 0 Å². The van der Waals surface area contributed by atoms with Gasteiger partial charge in [0.05, 0.1) is 5.41 Å². The number of halogens is 5. The van der Waals surface area contributed by atoms with E-state index in [2.05, 4.69) is 4.74 Å². The fourth-order valence-corrected chi connectivity index (χ4v) is 0.929. The smallest absolute Gasteiger partial charge is 0.366 e. The highest BCUT2D eigenvalue weighted by atomic mass is 79.9. The third-order valence-corrected chi connectivity index (χ3v) is 2.31. The molecule has 3 nitrogen and oxygen atoms in total. The maximum atomic E-state index is 12.8. The molecule has 0 spiro atoms. The molecule has 1 atom stereocenters. The minimum absolute atomic E-state index is 0.870. The normalized spacial score (nSPS) is 15.6. The van der Waals surface area contributed by atoms with Gasteiger partial charge in [-0.2, -0.15) is 17.6 Å². The standard InChI is InChI=1S/C9H13BrF4O3/c1-7(2,3)6(16)17-4-5(15)8(11,12)9(10,13)14/h5,15H,4H2,1-3H3/t5-/m1/s1. The number of hydrogen-bond donors (Lipinski definition) is 1. The van der Waals surface area contributed by atoms with E-state index in [1.165, 1.54) is 36.7 Å². The van der Waals surface area contributed by atoms with Crippen LogP contribution in [0.15, 0.2) is 0 Å². The molecule has 0 saturated carbocycles. The van der Waals surface area contributed by atoms with Gasteiger partial charge in [0.15, 0.2) is 6.10 Å². The molecule has 0 saturated heterocycles. The zero-order chi connectivity index (χ0) is 14.1. The Balaban J connectivity index is 4.49. The topological polar surface area (TPSA) is 46.5 Å². The molecule has 8 heteroatoms. The molecule has 0 aromatic carbocycles. The van der Waals surface area contributed by atoms with Gasteiger partial charge in [0.1, 0.15) is 6.61 Å². The second-order valence-electron chi connectivity index (χ2n) is 4.48. The van der Waals surface area contributed by atoms with E-state index in [1.54, 1.807) is 0 Å². The van der Waals surface area contributed by atoms with Crippen LogP contribution in [0, 0.1) is 5.41 Å². The summed E-state index contributed by atoms with van der Waals surface area (Å²) in [5.74, 6) is -5.60. The van der Waals surface area contributed by atoms with E-state index >= 15 is 0 Å². The second-order valence-corrected chi connectivity index (χ2v) is 5.48. The van der Waals surface area contributed by atoms with Gasteiger partial charge >= 0.3 is 16.7 Å². The Labute approximate surface area is 104 Å². The minimum atomic E-state index is -4.73. The summed E-state index contributed by atoms with van der Waals surface area (Å²) in [5, 5.41) is 8.89. The Kier molecular flexibility index (Phi) is 4.98. The van der Waals surface area contributed by atoms with Crippen LogP contribution in [0.4, 0.5) is 17.6 Å². The summed E-state index contributed by atoms with van der Waals surface area (Å²) < 4.78 is 54.7. The predicted molar refractivity (Wildman–Crippen MR) is 55.2 cm³/mol. The first-order valence-corrected chi connectivity index (χ1v) is 5.39. The van der Waals surface area contributed by atoms with E-state index in [1.807, 2.05) is 0 Å². The Morgan fingerprint density at radius 1 is 1.29 bits per heavy atom. The van der Waals surface area contributed by atoms with Crippen LogP contribution in [-0.4, -0.2) is 34.5 Å². The van der Waals surface area contributed by atoms with Gasteiger partial charge in [0.2, 0.25) is 0 Å². The van der Waals surface area contributed by atoms with Gasteiger partial charge in [-0.15, -0.1) is 0 Å². The largest absolute Gasteiger partial charge is 0.462 e. The third kappa shape index (κ3) is 4.42. The van der Waals surface area contributed by atoms with Crippen molar-refractivity contribution in [1.82, 2.24) is 0 Å². The van der Waals surface area contributed by atoms with Crippen LogP contribution < -0.4 is 0 Å². The molecule has 0 unspecified atom stereocenters. The van der Waals surface area contributed by atoms with Gasteiger partial charge < -0.3 is 9.84 Å². The van der Waals surface area contributed by atoms with Crippen molar-refractivity contribution < 1.29 is 32.2 Å². The molecule has 1 N–H and O–H groups in total. The van der Waals surface area contributed by atoms with Crippen LogP contribution in [0.2, 0.25) is 0 Å². The van der Waals surface area contributed by atoms with Crippen LogP contribution >= 0.6 is 15.9 Å². The van der Waals surface area contributed by atoms with Crippen LogP contribution in [0.1, 0.15) is 20.8 Å². The molecule has 0 heterocycles. The summed E-state index contributed by atoms with van der Waals surface area (Å²) in [4.78, 5) is 6.59. The molecule has 102 valence electrons. The highest BCUT2D eigenvalue weighted by Gasteiger charge is 2.59. The molecule has 0 aromatic heterocycles. The molecule has 0 aliphatic carbocycles. The summed E-state index contributed by atoms with van der Waals surface area (Å²) >= 11 is 1.46. The Morgan fingerprint density at radius 2 is 1.71 bits per heavy atom. The van der Waals surface area contributed by atoms with Crippen molar-refractivity contribution in [2.75, 3.05) is 6.61 Å². The molecule has 0 fully saturated rings. The molecule has 17 heavy (non-hydrogen) atoms. The summed E-state index contributed by atoms with van der Waals surface area (Å²) in [5.41, 5.74) is -0.966. The van der Waals surface area contributed by atoms with Crippen LogP contribution in [-0.2, 0) is 9.53 Å². The Hall–Kier alpha value is -0.370. The molecular weight excluding hydrogens is 312 g/mol. The molecule has 0 radical (unpaired) electrons. The molecule has 0 aliphatic heterocycles. The number of aliphatic hydroxyl groups excluding tert-OH is 1. The van der Waals surface area contributed by atoms with Gasteiger partial charge in [0.25, 0.3) is 0 Å². The van der Waals surface area contributed by atoms with Gasteiger partial charge in [0, 0.05) is 0 Å². The molecule has 0 aromatic rings. The molecule has 0 aliphatic rings. The summed E-state index contributed by atoms with van der Waals surface area (Å²) in [6.45, 7) is 3.17. The summed E-state index contributed by atoms with van der Waals surface area (Å²) in [7, 11) is 0. The summed E-state index contributed by atoms with van der Waals surface area (Å²) in [6, 6.07) is 0. The zero-order valence-corrected chi connectivity index (χ0v) is 11.0. The quantitative estimate of drug-likeness (QED) is 0.491. The lowest BCUT2D eigenvalue weighted by molar-refractivity contribution is -0.218. The van der Waals surface area contributed by atoms with Crippen molar-refractivity contribution in [3.63, 3.8) is 0 Å². The van der Waals surface area contributed by atoms with Crippen molar-refractivity contribution in [3.05, 3.63) is 0 Å². The van der Waals surface area contributed by atoms with E-state index in [0.29, 0.717) is 0 Å². The number of alkyl halides is 5. The molecular formula is C9H13BrF4O3. The van der Waals surface area contributed by atoms with E-state index in [-0.39, 0.29) is 0 Å². The van der Waals surface area contributed by atoms with E-state index in [0.717, 1.165) is 0 Å².